The Hall–Kier alpha value is -0.120. The van der Waals surface area contributed by atoms with Gasteiger partial charge in [-0.2, -0.15) is 0 Å². The van der Waals surface area contributed by atoms with Crippen LogP contribution < -0.4 is 16.4 Å². The predicted molar refractivity (Wildman–Crippen MR) is 45.4 cm³/mol. The summed E-state index contributed by atoms with van der Waals surface area (Å²) in [5.74, 6) is 0. The number of fused-ring (bicyclic) bond motifs is 1. The minimum atomic E-state index is 0.376. The van der Waals surface area contributed by atoms with Crippen LogP contribution >= 0.6 is 0 Å². The van der Waals surface area contributed by atoms with E-state index in [-0.39, 0.29) is 0 Å². The Labute approximate surface area is 67.7 Å². The molecular formula is C8H17N3. The molecule has 0 aromatic heterocycles. The quantitative estimate of drug-likeness (QED) is 0.439. The summed E-state index contributed by atoms with van der Waals surface area (Å²) in [6.07, 6.45) is 3.78. The van der Waals surface area contributed by atoms with Crippen LogP contribution in [-0.4, -0.2) is 31.2 Å². The molecule has 0 aromatic rings. The van der Waals surface area contributed by atoms with Crippen LogP contribution in [-0.2, 0) is 0 Å². The van der Waals surface area contributed by atoms with E-state index in [0.29, 0.717) is 18.1 Å². The fourth-order valence-corrected chi connectivity index (χ4v) is 2.25. The summed E-state index contributed by atoms with van der Waals surface area (Å²) in [7, 11) is 0. The summed E-state index contributed by atoms with van der Waals surface area (Å²) in [4.78, 5) is 0. The van der Waals surface area contributed by atoms with E-state index in [1.807, 2.05) is 0 Å². The van der Waals surface area contributed by atoms with Crippen molar-refractivity contribution >= 4 is 0 Å². The smallest absolute Gasteiger partial charge is 0.0373 e. The Morgan fingerprint density at radius 1 is 1.09 bits per heavy atom. The van der Waals surface area contributed by atoms with E-state index in [2.05, 4.69) is 10.6 Å². The number of nitrogens with two attached hydrogens (primary N) is 1. The second-order valence-corrected chi connectivity index (χ2v) is 3.64. The van der Waals surface area contributed by atoms with Gasteiger partial charge in [-0.25, -0.2) is 0 Å². The second kappa shape index (κ2) is 3.09. The second-order valence-electron chi connectivity index (χ2n) is 3.64. The van der Waals surface area contributed by atoms with Crippen LogP contribution in [0.4, 0.5) is 0 Å². The Morgan fingerprint density at radius 2 is 1.91 bits per heavy atom. The molecular weight excluding hydrogens is 138 g/mol. The van der Waals surface area contributed by atoms with Gasteiger partial charge in [0, 0.05) is 31.2 Å². The van der Waals surface area contributed by atoms with Crippen LogP contribution in [0.25, 0.3) is 0 Å². The van der Waals surface area contributed by atoms with Crippen LogP contribution in [0.15, 0.2) is 0 Å². The third kappa shape index (κ3) is 1.41. The van der Waals surface area contributed by atoms with Gasteiger partial charge < -0.3 is 16.4 Å². The molecule has 1 aliphatic carbocycles. The molecule has 0 amide bonds. The van der Waals surface area contributed by atoms with Gasteiger partial charge in [0.1, 0.15) is 0 Å². The first-order chi connectivity index (χ1) is 5.38. The lowest BCUT2D eigenvalue weighted by Gasteiger charge is -2.40. The summed E-state index contributed by atoms with van der Waals surface area (Å²) in [6.45, 7) is 2.18. The Kier molecular flexibility index (Phi) is 2.11. The van der Waals surface area contributed by atoms with E-state index in [1.165, 1.54) is 19.3 Å². The minimum absolute atomic E-state index is 0.376. The molecule has 0 radical (unpaired) electrons. The van der Waals surface area contributed by atoms with Crippen molar-refractivity contribution in [2.45, 2.75) is 37.4 Å². The average molecular weight is 155 g/mol. The van der Waals surface area contributed by atoms with Gasteiger partial charge in [0.2, 0.25) is 0 Å². The molecule has 3 nitrogen and oxygen atoms in total. The van der Waals surface area contributed by atoms with Crippen molar-refractivity contribution in [1.82, 2.24) is 10.6 Å². The summed E-state index contributed by atoms with van der Waals surface area (Å²) >= 11 is 0. The standard InChI is InChI=1S/C8H17N3/c9-6-2-1-3-7-8(6)11-5-4-10-7/h6-8,10-11H,1-5,9H2/t6-,7+,8+/m1/s1. The van der Waals surface area contributed by atoms with Crippen LogP contribution in [0.2, 0.25) is 0 Å². The number of hydrogen-bond donors (Lipinski definition) is 3. The van der Waals surface area contributed by atoms with Gasteiger partial charge >= 0.3 is 0 Å². The van der Waals surface area contributed by atoms with Gasteiger partial charge in [0.25, 0.3) is 0 Å². The van der Waals surface area contributed by atoms with Gasteiger partial charge in [-0.15, -0.1) is 0 Å². The Bertz CT molecular complexity index is 135. The maximum absolute atomic E-state index is 5.99. The molecule has 1 aliphatic heterocycles. The molecule has 0 aromatic carbocycles. The molecule has 64 valence electrons. The van der Waals surface area contributed by atoms with Crippen LogP contribution in [0.3, 0.4) is 0 Å². The first kappa shape index (κ1) is 7.53. The van der Waals surface area contributed by atoms with Crippen molar-refractivity contribution in [2.24, 2.45) is 5.73 Å². The molecule has 1 saturated carbocycles. The van der Waals surface area contributed by atoms with Gasteiger partial charge in [0.15, 0.2) is 0 Å². The molecule has 0 unspecified atom stereocenters. The average Bonchev–Trinajstić information content (AvgIpc) is 2.06. The first-order valence-corrected chi connectivity index (χ1v) is 4.60. The highest BCUT2D eigenvalue weighted by molar-refractivity contribution is 4.96. The van der Waals surface area contributed by atoms with Gasteiger partial charge in [-0.1, -0.05) is 6.42 Å². The highest BCUT2D eigenvalue weighted by Gasteiger charge is 2.32. The van der Waals surface area contributed by atoms with E-state index in [1.54, 1.807) is 0 Å². The topological polar surface area (TPSA) is 50.1 Å². The number of piperazine rings is 1. The van der Waals surface area contributed by atoms with E-state index < -0.39 is 0 Å². The molecule has 3 heteroatoms. The molecule has 3 atom stereocenters. The molecule has 2 aliphatic rings. The van der Waals surface area contributed by atoms with Crippen molar-refractivity contribution < 1.29 is 0 Å². The monoisotopic (exact) mass is 155 g/mol. The van der Waals surface area contributed by atoms with Crippen LogP contribution in [0, 0.1) is 0 Å². The summed E-state index contributed by atoms with van der Waals surface area (Å²) in [5.41, 5.74) is 5.99. The maximum Gasteiger partial charge on any atom is 0.0373 e. The maximum atomic E-state index is 5.99. The van der Waals surface area contributed by atoms with Gasteiger partial charge in [-0.3, -0.25) is 0 Å². The van der Waals surface area contributed by atoms with E-state index in [0.717, 1.165) is 13.1 Å². The SMILES string of the molecule is N[C@@H]1CCC[C@@H]2NCCN[C@@H]12. The summed E-state index contributed by atoms with van der Waals surface area (Å²) in [5, 5.41) is 6.99. The van der Waals surface area contributed by atoms with Crippen molar-refractivity contribution in [1.29, 1.82) is 0 Å². The number of rotatable bonds is 0. The number of nitrogens with one attached hydrogen (secondary N) is 2. The zero-order valence-electron chi connectivity index (χ0n) is 6.84. The van der Waals surface area contributed by atoms with Crippen molar-refractivity contribution in [3.63, 3.8) is 0 Å². The zero-order valence-corrected chi connectivity index (χ0v) is 6.84. The first-order valence-electron chi connectivity index (χ1n) is 4.60. The highest BCUT2D eigenvalue weighted by Crippen LogP contribution is 2.18. The van der Waals surface area contributed by atoms with E-state index in [9.17, 15) is 0 Å². The minimum Gasteiger partial charge on any atom is -0.326 e. The normalized spacial score (nSPS) is 45.0. The Morgan fingerprint density at radius 3 is 2.73 bits per heavy atom. The molecule has 0 spiro atoms. The Balaban J connectivity index is 1.99. The molecule has 0 bridgehead atoms. The molecule has 1 heterocycles. The molecule has 11 heavy (non-hydrogen) atoms. The third-order valence-corrected chi connectivity index (χ3v) is 2.86. The molecule has 1 saturated heterocycles. The number of hydrogen-bond acceptors (Lipinski definition) is 3. The lowest BCUT2D eigenvalue weighted by molar-refractivity contribution is 0.224. The van der Waals surface area contributed by atoms with Crippen molar-refractivity contribution in [2.75, 3.05) is 13.1 Å². The van der Waals surface area contributed by atoms with Crippen LogP contribution in [0.5, 0.6) is 0 Å². The summed E-state index contributed by atoms with van der Waals surface area (Å²) in [6, 6.07) is 1.56. The zero-order chi connectivity index (χ0) is 7.68. The van der Waals surface area contributed by atoms with E-state index >= 15 is 0 Å². The van der Waals surface area contributed by atoms with Crippen LogP contribution in [0.1, 0.15) is 19.3 Å². The van der Waals surface area contributed by atoms with Crippen molar-refractivity contribution in [3.8, 4) is 0 Å². The lowest BCUT2D eigenvalue weighted by atomic mass is 9.85. The third-order valence-electron chi connectivity index (χ3n) is 2.86. The predicted octanol–water partition coefficient (Wildman–Crippen LogP) is -0.572. The fourth-order valence-electron chi connectivity index (χ4n) is 2.25. The summed E-state index contributed by atoms with van der Waals surface area (Å²) < 4.78 is 0. The fraction of sp³-hybridized carbons (Fsp3) is 1.00. The highest BCUT2D eigenvalue weighted by atomic mass is 15.1. The largest absolute Gasteiger partial charge is 0.326 e. The van der Waals surface area contributed by atoms with Gasteiger partial charge in [-0.05, 0) is 12.8 Å². The van der Waals surface area contributed by atoms with Gasteiger partial charge in [0.05, 0.1) is 0 Å². The molecule has 2 fully saturated rings. The molecule has 2 rings (SSSR count). The van der Waals surface area contributed by atoms with Crippen molar-refractivity contribution in [3.05, 3.63) is 0 Å². The van der Waals surface area contributed by atoms with E-state index in [4.69, 9.17) is 5.73 Å². The molecule has 4 N–H and O–H groups in total. The lowest BCUT2D eigenvalue weighted by Crippen LogP contribution is -2.64.